The van der Waals surface area contributed by atoms with E-state index in [1.54, 1.807) is 0 Å². The fraction of sp³-hybridized carbons (Fsp3) is 0.952. The summed E-state index contributed by atoms with van der Waals surface area (Å²) in [5.74, 6) is -1.29. The summed E-state index contributed by atoms with van der Waals surface area (Å²) in [6.45, 7) is 7.30. The molecule has 0 radical (unpaired) electrons. The van der Waals surface area contributed by atoms with E-state index in [1.807, 2.05) is 0 Å². The van der Waals surface area contributed by atoms with Crippen molar-refractivity contribution in [3.63, 3.8) is 0 Å². The van der Waals surface area contributed by atoms with Gasteiger partial charge in [0, 0.05) is 25.7 Å². The molecule has 0 aliphatic heterocycles. The van der Waals surface area contributed by atoms with Gasteiger partial charge in [-0.05, 0) is 31.6 Å². The van der Waals surface area contributed by atoms with E-state index < -0.39 is 97.5 Å². The van der Waals surface area contributed by atoms with Gasteiger partial charge >= 0.3 is 39.5 Å². The lowest BCUT2D eigenvalue weighted by Crippen LogP contribution is -2.30. The molecule has 0 aliphatic carbocycles. The van der Waals surface area contributed by atoms with Gasteiger partial charge in [0.2, 0.25) is 0 Å². The van der Waals surface area contributed by atoms with E-state index in [9.17, 15) is 43.2 Å². The molecule has 0 aromatic heterocycles. The summed E-state index contributed by atoms with van der Waals surface area (Å²) in [6, 6.07) is 0. The summed E-state index contributed by atoms with van der Waals surface area (Å²) in [6.07, 6.45) is 70.0. The van der Waals surface area contributed by atoms with Crippen molar-refractivity contribution >= 4 is 39.5 Å². The number of aliphatic hydroxyl groups is 1. The number of esters is 4. The summed E-state index contributed by atoms with van der Waals surface area (Å²) in [5, 5.41) is 10.6. The molecule has 103 heavy (non-hydrogen) atoms. The molecule has 2 unspecified atom stereocenters. The zero-order valence-corrected chi connectivity index (χ0v) is 69.3. The molecule has 0 rings (SSSR count). The Morgan fingerprint density at radius 2 is 0.447 bits per heavy atom. The van der Waals surface area contributed by atoms with Gasteiger partial charge in [0.15, 0.2) is 12.2 Å². The molecule has 0 heterocycles. The fourth-order valence-electron chi connectivity index (χ4n) is 13.1. The molecule has 5 atom stereocenters. The number of carbonyl (C=O) groups excluding carboxylic acids is 4. The number of hydrogen-bond donors (Lipinski definition) is 3. The maximum absolute atomic E-state index is 13.1. The minimum Gasteiger partial charge on any atom is -0.462 e. The highest BCUT2D eigenvalue weighted by atomic mass is 31.2. The second-order valence-corrected chi connectivity index (χ2v) is 33.6. The molecule has 0 aliphatic rings. The van der Waals surface area contributed by atoms with Gasteiger partial charge in [0.05, 0.1) is 26.4 Å². The van der Waals surface area contributed by atoms with Crippen LogP contribution in [0.25, 0.3) is 0 Å². The van der Waals surface area contributed by atoms with E-state index in [4.69, 9.17) is 37.0 Å². The quantitative estimate of drug-likeness (QED) is 0.0222. The van der Waals surface area contributed by atoms with Crippen LogP contribution in [-0.4, -0.2) is 96.7 Å². The van der Waals surface area contributed by atoms with E-state index in [2.05, 4.69) is 34.6 Å². The van der Waals surface area contributed by atoms with Gasteiger partial charge in [-0.25, -0.2) is 9.13 Å². The molecule has 612 valence electrons. The second kappa shape index (κ2) is 76.8. The van der Waals surface area contributed by atoms with Crippen molar-refractivity contribution in [1.82, 2.24) is 0 Å². The molecule has 0 bridgehead atoms. The highest BCUT2D eigenvalue weighted by Crippen LogP contribution is 2.45. The van der Waals surface area contributed by atoms with Crippen LogP contribution in [0.3, 0.4) is 0 Å². The van der Waals surface area contributed by atoms with Gasteiger partial charge in [-0.15, -0.1) is 0 Å². The van der Waals surface area contributed by atoms with E-state index in [1.165, 1.54) is 270 Å². The Bertz CT molecular complexity index is 1960. The minimum absolute atomic E-state index is 0.108. The summed E-state index contributed by atoms with van der Waals surface area (Å²) in [4.78, 5) is 72.8. The summed E-state index contributed by atoms with van der Waals surface area (Å²) in [5.41, 5.74) is 0. The predicted octanol–water partition coefficient (Wildman–Crippen LogP) is 25.6. The van der Waals surface area contributed by atoms with Gasteiger partial charge in [0.25, 0.3) is 0 Å². The Balaban J connectivity index is 5.10. The van der Waals surface area contributed by atoms with Crippen molar-refractivity contribution in [2.24, 2.45) is 5.92 Å². The molecule has 17 nitrogen and oxygen atoms in total. The van der Waals surface area contributed by atoms with Crippen LogP contribution < -0.4 is 0 Å². The smallest absolute Gasteiger partial charge is 0.462 e. The van der Waals surface area contributed by atoms with Crippen LogP contribution in [0.1, 0.15) is 452 Å². The molecule has 0 saturated heterocycles. The van der Waals surface area contributed by atoms with Crippen molar-refractivity contribution in [3.05, 3.63) is 0 Å². The number of unbranched alkanes of at least 4 members (excludes halogenated alkanes) is 56. The van der Waals surface area contributed by atoms with E-state index >= 15 is 0 Å². The Labute approximate surface area is 632 Å². The Hall–Kier alpha value is -1.94. The third kappa shape index (κ3) is 78.0. The highest BCUT2D eigenvalue weighted by Gasteiger charge is 2.30. The van der Waals surface area contributed by atoms with E-state index in [0.717, 1.165) is 102 Å². The van der Waals surface area contributed by atoms with Crippen molar-refractivity contribution < 1.29 is 80.2 Å². The first kappa shape index (κ1) is 101. The SMILES string of the molecule is CCCCCCCCCCCCCCCCCCCCCC(=O)OC[C@H](COP(=O)(O)OC[C@@H](O)COP(=O)(O)OC[C@@H](COC(=O)CCCCCCC)OC(=O)CCCCCCCCCCCCCCCCCCCC)OC(=O)CCCCCCCCCCCCCCCCCCCCC(C)C. The van der Waals surface area contributed by atoms with Crippen LogP contribution in [0.4, 0.5) is 0 Å². The van der Waals surface area contributed by atoms with Crippen LogP contribution in [0.15, 0.2) is 0 Å². The van der Waals surface area contributed by atoms with Crippen molar-refractivity contribution in [3.8, 4) is 0 Å². The molecule has 19 heteroatoms. The number of carbonyl (C=O) groups is 4. The topological polar surface area (TPSA) is 237 Å². The third-order valence-electron chi connectivity index (χ3n) is 19.8. The van der Waals surface area contributed by atoms with Crippen LogP contribution >= 0.6 is 15.6 Å². The molecule has 0 amide bonds. The van der Waals surface area contributed by atoms with Crippen LogP contribution in [-0.2, 0) is 65.4 Å². The number of hydrogen-bond acceptors (Lipinski definition) is 15. The molecule has 3 N–H and O–H groups in total. The highest BCUT2D eigenvalue weighted by molar-refractivity contribution is 7.47. The summed E-state index contributed by atoms with van der Waals surface area (Å²) >= 11 is 0. The molecular formula is C84H164O17P2. The van der Waals surface area contributed by atoms with Gasteiger partial charge in [0.1, 0.15) is 19.3 Å². The zero-order valence-electron chi connectivity index (χ0n) is 67.5. The first-order valence-electron chi connectivity index (χ1n) is 43.6. The van der Waals surface area contributed by atoms with Crippen LogP contribution in [0.2, 0.25) is 0 Å². The lowest BCUT2D eigenvalue weighted by molar-refractivity contribution is -0.161. The van der Waals surface area contributed by atoms with Gasteiger partial charge in [-0.2, -0.15) is 0 Å². The van der Waals surface area contributed by atoms with Crippen molar-refractivity contribution in [2.75, 3.05) is 39.6 Å². The van der Waals surface area contributed by atoms with Crippen molar-refractivity contribution in [1.29, 1.82) is 0 Å². The average molecular weight is 1510 g/mol. The zero-order chi connectivity index (χ0) is 75.5. The molecule has 0 fully saturated rings. The van der Waals surface area contributed by atoms with E-state index in [0.29, 0.717) is 25.7 Å². The average Bonchev–Trinajstić information content (AvgIpc) is 0.951. The Morgan fingerprint density at radius 3 is 0.660 bits per heavy atom. The monoisotopic (exact) mass is 1510 g/mol. The molecule has 0 aromatic rings. The summed E-state index contributed by atoms with van der Waals surface area (Å²) < 4.78 is 68.6. The first-order valence-corrected chi connectivity index (χ1v) is 46.6. The Morgan fingerprint density at radius 1 is 0.262 bits per heavy atom. The van der Waals surface area contributed by atoms with Crippen LogP contribution in [0, 0.1) is 5.92 Å². The predicted molar refractivity (Wildman–Crippen MR) is 423 cm³/mol. The van der Waals surface area contributed by atoms with Gasteiger partial charge in [-0.1, -0.05) is 401 Å². The van der Waals surface area contributed by atoms with Gasteiger partial charge < -0.3 is 33.8 Å². The first-order chi connectivity index (χ1) is 50.0. The number of phosphoric ester groups is 2. The molecular weight excluding hydrogens is 1340 g/mol. The number of aliphatic hydroxyl groups excluding tert-OH is 1. The number of phosphoric acid groups is 2. The maximum atomic E-state index is 13.1. The maximum Gasteiger partial charge on any atom is 0.472 e. The largest absolute Gasteiger partial charge is 0.472 e. The second-order valence-electron chi connectivity index (χ2n) is 30.7. The van der Waals surface area contributed by atoms with Gasteiger partial charge in [-0.3, -0.25) is 37.3 Å². The number of rotatable bonds is 84. The standard InChI is InChI=1S/C84H164O17P2/c1-6-9-12-15-17-19-21-23-25-27-29-34-37-41-45-49-53-58-63-68-82(87)95-74-80(101-84(89)70-65-60-55-51-47-43-39-35-31-30-32-36-40-44-48-52-57-61-66-77(4)5)76-99-103(92,93)97-72-78(85)71-96-102(90,91)98-75-79(73-94-81(86)67-62-56-14-11-8-3)100-83(88)69-64-59-54-50-46-42-38-33-28-26-24-22-20-18-16-13-10-7-2/h77-80,85H,6-76H2,1-5H3,(H,90,91)(H,92,93)/t78-,79+,80+/m0/s1. The lowest BCUT2D eigenvalue weighted by Gasteiger charge is -2.21. The van der Waals surface area contributed by atoms with E-state index in [-0.39, 0.29) is 25.7 Å². The molecule has 0 aromatic carbocycles. The van der Waals surface area contributed by atoms with Crippen molar-refractivity contribution in [2.45, 2.75) is 470 Å². The minimum atomic E-state index is -4.96. The summed E-state index contributed by atoms with van der Waals surface area (Å²) in [7, 11) is -9.91. The third-order valence-corrected chi connectivity index (χ3v) is 21.7. The molecule has 0 saturated carbocycles. The Kier molecular flexibility index (Phi) is 75.4. The molecule has 0 spiro atoms. The normalized spacial score (nSPS) is 13.8. The number of ether oxygens (including phenoxy) is 4. The lowest BCUT2D eigenvalue weighted by atomic mass is 10.0. The van der Waals surface area contributed by atoms with Crippen LogP contribution in [0.5, 0.6) is 0 Å². The fourth-order valence-corrected chi connectivity index (χ4v) is 14.7.